The van der Waals surface area contributed by atoms with Crippen LogP contribution in [0.3, 0.4) is 0 Å². The molecule has 0 atom stereocenters. The molecule has 0 saturated carbocycles. The number of nitrogens with zero attached hydrogens (tertiary/aromatic N) is 1. The van der Waals surface area contributed by atoms with Crippen molar-refractivity contribution in [2.45, 2.75) is 13.3 Å². The summed E-state index contributed by atoms with van der Waals surface area (Å²) in [4.78, 5) is 0. The zero-order valence-corrected chi connectivity index (χ0v) is 11.6. The Morgan fingerprint density at radius 3 is 2.65 bits per heavy atom. The number of nitrogens with one attached hydrogen (secondary N) is 2. The molecule has 2 aromatic rings. The van der Waals surface area contributed by atoms with Crippen LogP contribution in [0, 0.1) is 6.92 Å². The summed E-state index contributed by atoms with van der Waals surface area (Å²) in [5.41, 5.74) is 4.51. The molecule has 1 heterocycles. The lowest BCUT2D eigenvalue weighted by atomic mass is 10.1. The summed E-state index contributed by atoms with van der Waals surface area (Å²) in [6.07, 6.45) is 0.940. The summed E-state index contributed by atoms with van der Waals surface area (Å²) in [5, 5.41) is 10.6. The van der Waals surface area contributed by atoms with Gasteiger partial charge in [-0.05, 0) is 29.9 Å². The van der Waals surface area contributed by atoms with Gasteiger partial charge in [-0.1, -0.05) is 29.8 Å². The van der Waals surface area contributed by atoms with Crippen molar-refractivity contribution in [1.82, 2.24) is 15.5 Å². The molecule has 0 fully saturated rings. The predicted octanol–water partition coefficient (Wildman–Crippen LogP) is 2.91. The maximum atomic E-state index is 4.37. The van der Waals surface area contributed by atoms with Crippen LogP contribution in [0.2, 0.25) is 0 Å². The van der Waals surface area contributed by atoms with Gasteiger partial charge in [-0.25, -0.2) is 0 Å². The average molecular weight is 294 g/mol. The van der Waals surface area contributed by atoms with Gasteiger partial charge >= 0.3 is 0 Å². The van der Waals surface area contributed by atoms with Crippen LogP contribution in [0.15, 0.2) is 28.7 Å². The van der Waals surface area contributed by atoms with Gasteiger partial charge in [0.25, 0.3) is 0 Å². The number of aromatic amines is 1. The van der Waals surface area contributed by atoms with E-state index in [0.29, 0.717) is 0 Å². The highest BCUT2D eigenvalue weighted by Gasteiger charge is 2.11. The molecule has 2 N–H and O–H groups in total. The molecule has 0 aliphatic heterocycles. The van der Waals surface area contributed by atoms with E-state index in [-0.39, 0.29) is 0 Å². The number of aryl methyl sites for hydroxylation is 1. The van der Waals surface area contributed by atoms with Crippen molar-refractivity contribution in [3.05, 3.63) is 40.0 Å². The Morgan fingerprint density at radius 1 is 1.29 bits per heavy atom. The standard InChI is InChI=1S/C13H16BrN3/c1-9-3-5-10(6-4-9)13-12(14)11(16-17-13)7-8-15-2/h3-6,15H,7-8H2,1-2H3,(H,16,17). The minimum atomic E-state index is 0.939. The average Bonchev–Trinajstić information content (AvgIpc) is 2.69. The van der Waals surface area contributed by atoms with Gasteiger partial charge < -0.3 is 5.32 Å². The Balaban J connectivity index is 2.27. The third-order valence-electron chi connectivity index (χ3n) is 2.73. The zero-order valence-electron chi connectivity index (χ0n) is 10.0. The normalized spacial score (nSPS) is 10.8. The molecule has 2 rings (SSSR count). The summed E-state index contributed by atoms with van der Waals surface area (Å²) in [7, 11) is 1.95. The van der Waals surface area contributed by atoms with Gasteiger partial charge in [-0.3, -0.25) is 5.10 Å². The first-order valence-electron chi connectivity index (χ1n) is 5.66. The molecule has 0 radical (unpaired) electrons. The number of halogens is 1. The summed E-state index contributed by atoms with van der Waals surface area (Å²) in [6.45, 7) is 3.02. The number of H-pyrrole nitrogens is 1. The Bertz CT molecular complexity index is 488. The maximum absolute atomic E-state index is 4.37. The summed E-state index contributed by atoms with van der Waals surface area (Å²) in [5.74, 6) is 0. The molecule has 17 heavy (non-hydrogen) atoms. The van der Waals surface area contributed by atoms with E-state index in [2.05, 4.69) is 62.6 Å². The van der Waals surface area contributed by atoms with Crippen LogP contribution in [-0.2, 0) is 6.42 Å². The van der Waals surface area contributed by atoms with Crippen LogP contribution >= 0.6 is 15.9 Å². The third-order valence-corrected chi connectivity index (χ3v) is 3.58. The SMILES string of the molecule is CNCCc1[nH]nc(-c2ccc(C)cc2)c1Br. The number of hydrogen-bond acceptors (Lipinski definition) is 2. The van der Waals surface area contributed by atoms with Crippen LogP contribution in [0.25, 0.3) is 11.3 Å². The topological polar surface area (TPSA) is 40.7 Å². The van der Waals surface area contributed by atoms with Gasteiger partial charge in [-0.2, -0.15) is 5.10 Å². The highest BCUT2D eigenvalue weighted by Crippen LogP contribution is 2.29. The van der Waals surface area contributed by atoms with Crippen LogP contribution in [0.4, 0.5) is 0 Å². The van der Waals surface area contributed by atoms with Crippen molar-refractivity contribution in [2.75, 3.05) is 13.6 Å². The molecular weight excluding hydrogens is 278 g/mol. The molecule has 0 amide bonds. The van der Waals surface area contributed by atoms with Gasteiger partial charge in [0.05, 0.1) is 10.2 Å². The van der Waals surface area contributed by atoms with Crippen molar-refractivity contribution >= 4 is 15.9 Å². The van der Waals surface area contributed by atoms with Crippen molar-refractivity contribution in [3.8, 4) is 11.3 Å². The fourth-order valence-corrected chi connectivity index (χ4v) is 2.29. The quantitative estimate of drug-likeness (QED) is 0.910. The molecule has 90 valence electrons. The molecule has 3 nitrogen and oxygen atoms in total. The second-order valence-corrected chi connectivity index (χ2v) is 4.88. The molecular formula is C13H16BrN3. The van der Waals surface area contributed by atoms with E-state index in [9.17, 15) is 0 Å². The molecule has 0 aliphatic rings. The fraction of sp³-hybridized carbons (Fsp3) is 0.308. The van der Waals surface area contributed by atoms with E-state index in [4.69, 9.17) is 0 Å². The predicted molar refractivity (Wildman–Crippen MR) is 74.1 cm³/mol. The molecule has 0 spiro atoms. The second-order valence-electron chi connectivity index (χ2n) is 4.08. The summed E-state index contributed by atoms with van der Waals surface area (Å²) >= 11 is 3.62. The van der Waals surface area contributed by atoms with Crippen molar-refractivity contribution in [3.63, 3.8) is 0 Å². The number of aromatic nitrogens is 2. The molecule has 1 aromatic heterocycles. The van der Waals surface area contributed by atoms with E-state index < -0.39 is 0 Å². The van der Waals surface area contributed by atoms with Crippen LogP contribution in [-0.4, -0.2) is 23.8 Å². The Morgan fingerprint density at radius 2 is 2.00 bits per heavy atom. The minimum Gasteiger partial charge on any atom is -0.319 e. The first kappa shape index (κ1) is 12.3. The number of hydrogen-bond donors (Lipinski definition) is 2. The Labute approximate surface area is 110 Å². The number of rotatable bonds is 4. The molecule has 0 bridgehead atoms. The first-order chi connectivity index (χ1) is 8.22. The van der Waals surface area contributed by atoms with Crippen molar-refractivity contribution < 1.29 is 0 Å². The zero-order chi connectivity index (χ0) is 12.3. The van der Waals surface area contributed by atoms with Gasteiger partial charge in [-0.15, -0.1) is 0 Å². The molecule has 1 aromatic carbocycles. The van der Waals surface area contributed by atoms with Gasteiger partial charge in [0.1, 0.15) is 5.69 Å². The van der Waals surface area contributed by atoms with Crippen LogP contribution in [0.5, 0.6) is 0 Å². The first-order valence-corrected chi connectivity index (χ1v) is 6.46. The van der Waals surface area contributed by atoms with E-state index >= 15 is 0 Å². The minimum absolute atomic E-state index is 0.939. The third kappa shape index (κ3) is 2.76. The van der Waals surface area contributed by atoms with Gasteiger partial charge in [0, 0.05) is 18.5 Å². The highest BCUT2D eigenvalue weighted by atomic mass is 79.9. The molecule has 4 heteroatoms. The van der Waals surface area contributed by atoms with Gasteiger partial charge in [0.2, 0.25) is 0 Å². The monoisotopic (exact) mass is 293 g/mol. The van der Waals surface area contributed by atoms with Crippen LogP contribution in [0.1, 0.15) is 11.3 Å². The number of benzene rings is 1. The van der Waals surface area contributed by atoms with E-state index in [1.165, 1.54) is 5.56 Å². The number of likely N-dealkylation sites (N-methyl/N-ethyl adjacent to an activating group) is 1. The van der Waals surface area contributed by atoms with Crippen LogP contribution < -0.4 is 5.32 Å². The van der Waals surface area contributed by atoms with E-state index in [0.717, 1.165) is 34.4 Å². The van der Waals surface area contributed by atoms with Crippen molar-refractivity contribution in [2.24, 2.45) is 0 Å². The summed E-state index contributed by atoms with van der Waals surface area (Å²) in [6, 6.07) is 8.39. The molecule has 0 saturated heterocycles. The van der Waals surface area contributed by atoms with E-state index in [1.54, 1.807) is 0 Å². The maximum Gasteiger partial charge on any atom is 0.107 e. The molecule has 0 aliphatic carbocycles. The Kier molecular flexibility index (Phi) is 3.97. The Hall–Kier alpha value is -1.13. The van der Waals surface area contributed by atoms with Crippen molar-refractivity contribution in [1.29, 1.82) is 0 Å². The smallest absolute Gasteiger partial charge is 0.107 e. The highest BCUT2D eigenvalue weighted by molar-refractivity contribution is 9.10. The lowest BCUT2D eigenvalue weighted by Gasteiger charge is -2.00. The lowest BCUT2D eigenvalue weighted by molar-refractivity contribution is 0.770. The summed E-state index contributed by atoms with van der Waals surface area (Å²) < 4.78 is 1.07. The second kappa shape index (κ2) is 5.47. The fourth-order valence-electron chi connectivity index (χ4n) is 1.68. The lowest BCUT2D eigenvalue weighted by Crippen LogP contribution is -2.10. The van der Waals surface area contributed by atoms with E-state index in [1.807, 2.05) is 7.05 Å². The largest absolute Gasteiger partial charge is 0.319 e. The molecule has 0 unspecified atom stereocenters. The van der Waals surface area contributed by atoms with Gasteiger partial charge in [0.15, 0.2) is 0 Å².